The summed E-state index contributed by atoms with van der Waals surface area (Å²) in [5, 5.41) is 12.2. The second-order valence-electron chi connectivity index (χ2n) is 8.81. The highest BCUT2D eigenvalue weighted by atomic mass is 16.5. The molecule has 2 N–H and O–H groups in total. The molecule has 3 unspecified atom stereocenters. The number of carbonyl (C=O) groups is 3. The number of ether oxygens (including phenoxy) is 1. The van der Waals surface area contributed by atoms with Crippen LogP contribution in [0.25, 0.3) is 0 Å². The Bertz CT molecular complexity index is 888. The zero-order valence-corrected chi connectivity index (χ0v) is 16.9. The van der Waals surface area contributed by atoms with Crippen molar-refractivity contribution < 1.29 is 24.2 Å². The number of piperidine rings is 1. The number of β-amino-alcohol motifs (C(OH)–C–C–N with tert-alkyl or cyclic N) is 1. The second-order valence-corrected chi connectivity index (χ2v) is 8.81. The zero-order chi connectivity index (χ0) is 20.8. The molecule has 4 aliphatic rings. The lowest BCUT2D eigenvalue weighted by atomic mass is 10.0. The average molecular weight is 413 g/mol. The van der Waals surface area contributed by atoms with Crippen LogP contribution in [-0.4, -0.2) is 70.0 Å². The van der Waals surface area contributed by atoms with Gasteiger partial charge < -0.3 is 14.7 Å². The lowest BCUT2D eigenvalue weighted by molar-refractivity contribution is -0.136. The third-order valence-electron chi connectivity index (χ3n) is 6.86. The van der Waals surface area contributed by atoms with Gasteiger partial charge >= 0.3 is 0 Å². The van der Waals surface area contributed by atoms with Crippen LogP contribution >= 0.6 is 0 Å². The fraction of sp³-hybridized carbons (Fsp3) is 0.591. The van der Waals surface area contributed by atoms with E-state index in [9.17, 15) is 19.5 Å². The van der Waals surface area contributed by atoms with Gasteiger partial charge in [-0.05, 0) is 55.9 Å². The van der Waals surface area contributed by atoms with Crippen LogP contribution in [0.15, 0.2) is 18.2 Å². The van der Waals surface area contributed by atoms with E-state index in [2.05, 4.69) is 10.2 Å². The number of aliphatic hydroxyl groups is 1. The minimum atomic E-state index is -0.604. The number of carbonyl (C=O) groups excluding carboxylic acids is 3. The number of hydrogen-bond acceptors (Lipinski definition) is 6. The Hall–Kier alpha value is -2.45. The number of nitrogens with one attached hydrogen (secondary N) is 1. The molecule has 0 aromatic heterocycles. The molecule has 0 radical (unpaired) electrons. The third kappa shape index (κ3) is 3.48. The first-order chi connectivity index (χ1) is 14.5. The number of hydrogen-bond donors (Lipinski definition) is 2. The molecule has 160 valence electrons. The molecular formula is C22H27N3O5. The van der Waals surface area contributed by atoms with Crippen LogP contribution in [-0.2, 0) is 16.1 Å². The first-order valence-corrected chi connectivity index (χ1v) is 10.9. The SMILES string of the molecule is O=C1CCC(N2Cc3cc(O[C@H]4CCCC4N4CCC(O)C4)ccc3C2=O)C(=O)N1. The minimum Gasteiger partial charge on any atom is -0.489 e. The van der Waals surface area contributed by atoms with Crippen molar-refractivity contribution in [2.75, 3.05) is 13.1 Å². The summed E-state index contributed by atoms with van der Waals surface area (Å²) in [5.74, 6) is -0.114. The van der Waals surface area contributed by atoms with Crippen molar-refractivity contribution in [3.63, 3.8) is 0 Å². The van der Waals surface area contributed by atoms with Crippen molar-refractivity contribution in [1.29, 1.82) is 0 Å². The van der Waals surface area contributed by atoms with E-state index in [1.165, 1.54) is 0 Å². The largest absolute Gasteiger partial charge is 0.489 e. The van der Waals surface area contributed by atoms with Crippen LogP contribution in [0, 0.1) is 0 Å². The van der Waals surface area contributed by atoms with E-state index in [1.54, 1.807) is 11.0 Å². The number of rotatable bonds is 4. The predicted octanol–water partition coefficient (Wildman–Crippen LogP) is 0.814. The van der Waals surface area contributed by atoms with Crippen molar-refractivity contribution in [2.45, 2.75) is 69.4 Å². The summed E-state index contributed by atoms with van der Waals surface area (Å²) >= 11 is 0. The highest BCUT2D eigenvalue weighted by molar-refractivity contribution is 6.05. The van der Waals surface area contributed by atoms with E-state index >= 15 is 0 Å². The smallest absolute Gasteiger partial charge is 0.255 e. The molecule has 30 heavy (non-hydrogen) atoms. The molecule has 3 fully saturated rings. The molecule has 4 atom stereocenters. The van der Waals surface area contributed by atoms with Crippen molar-refractivity contribution in [1.82, 2.24) is 15.1 Å². The minimum absolute atomic E-state index is 0.0803. The molecule has 3 amide bonds. The maximum absolute atomic E-state index is 12.8. The number of benzene rings is 1. The highest BCUT2D eigenvalue weighted by Crippen LogP contribution is 2.34. The summed E-state index contributed by atoms with van der Waals surface area (Å²) in [4.78, 5) is 40.3. The van der Waals surface area contributed by atoms with Gasteiger partial charge in [0.05, 0.1) is 6.10 Å². The molecule has 1 saturated carbocycles. The van der Waals surface area contributed by atoms with Gasteiger partial charge in [0.25, 0.3) is 5.91 Å². The maximum Gasteiger partial charge on any atom is 0.255 e. The lowest BCUT2D eigenvalue weighted by Gasteiger charge is -2.29. The molecule has 1 aromatic carbocycles. The van der Waals surface area contributed by atoms with Crippen molar-refractivity contribution in [2.24, 2.45) is 0 Å². The van der Waals surface area contributed by atoms with Gasteiger partial charge in [-0.15, -0.1) is 0 Å². The molecule has 1 aliphatic carbocycles. The molecule has 1 aromatic rings. The van der Waals surface area contributed by atoms with Crippen LogP contribution in [0.5, 0.6) is 5.75 Å². The van der Waals surface area contributed by atoms with Crippen LogP contribution in [0.1, 0.15) is 54.4 Å². The summed E-state index contributed by atoms with van der Waals surface area (Å²) in [6.45, 7) is 1.97. The van der Waals surface area contributed by atoms with E-state index in [1.807, 2.05) is 12.1 Å². The number of amides is 3. The molecular weight excluding hydrogens is 386 g/mol. The summed E-state index contributed by atoms with van der Waals surface area (Å²) in [7, 11) is 0. The first kappa shape index (κ1) is 19.5. The second kappa shape index (κ2) is 7.67. The Morgan fingerprint density at radius 1 is 1.10 bits per heavy atom. The topological polar surface area (TPSA) is 99.2 Å². The number of nitrogens with zero attached hydrogens (tertiary/aromatic N) is 2. The maximum atomic E-state index is 12.8. The Balaban J connectivity index is 1.29. The van der Waals surface area contributed by atoms with Gasteiger partial charge in [0.2, 0.25) is 11.8 Å². The van der Waals surface area contributed by atoms with Crippen LogP contribution in [0.2, 0.25) is 0 Å². The fourth-order valence-electron chi connectivity index (χ4n) is 5.33. The number of aliphatic hydroxyl groups excluding tert-OH is 1. The first-order valence-electron chi connectivity index (χ1n) is 10.9. The van der Waals surface area contributed by atoms with Crippen molar-refractivity contribution in [3.8, 4) is 5.75 Å². The summed E-state index contributed by atoms with van der Waals surface area (Å²) in [5.41, 5.74) is 1.45. The Morgan fingerprint density at radius 2 is 1.97 bits per heavy atom. The fourth-order valence-corrected chi connectivity index (χ4v) is 5.33. The van der Waals surface area contributed by atoms with E-state index in [0.717, 1.165) is 43.5 Å². The average Bonchev–Trinajstić information content (AvgIpc) is 3.41. The van der Waals surface area contributed by atoms with Gasteiger partial charge in [-0.2, -0.15) is 0 Å². The van der Waals surface area contributed by atoms with Gasteiger partial charge in [0, 0.05) is 37.7 Å². The van der Waals surface area contributed by atoms with E-state index in [0.29, 0.717) is 31.1 Å². The van der Waals surface area contributed by atoms with Gasteiger partial charge in [-0.25, -0.2) is 0 Å². The highest BCUT2D eigenvalue weighted by Gasteiger charge is 2.40. The number of fused-ring (bicyclic) bond motifs is 1. The van der Waals surface area contributed by atoms with Gasteiger partial charge in [-0.1, -0.05) is 0 Å². The Kier molecular flexibility index (Phi) is 4.99. The van der Waals surface area contributed by atoms with Crippen LogP contribution in [0.3, 0.4) is 0 Å². The normalized spacial score (nSPS) is 31.9. The third-order valence-corrected chi connectivity index (χ3v) is 6.86. The summed E-state index contributed by atoms with van der Waals surface area (Å²) in [6, 6.07) is 5.24. The van der Waals surface area contributed by atoms with Gasteiger partial charge in [0.15, 0.2) is 0 Å². The molecule has 8 heteroatoms. The van der Waals surface area contributed by atoms with E-state index in [-0.39, 0.29) is 30.4 Å². The molecule has 0 bridgehead atoms. The molecule has 3 heterocycles. The molecule has 0 spiro atoms. The number of likely N-dealkylation sites (tertiary alicyclic amines) is 1. The van der Waals surface area contributed by atoms with Crippen molar-refractivity contribution in [3.05, 3.63) is 29.3 Å². The summed E-state index contributed by atoms with van der Waals surface area (Å²) in [6.07, 6.45) is 4.43. The zero-order valence-electron chi connectivity index (χ0n) is 16.9. The lowest BCUT2D eigenvalue weighted by Crippen LogP contribution is -2.52. The predicted molar refractivity (Wildman–Crippen MR) is 107 cm³/mol. The van der Waals surface area contributed by atoms with Gasteiger partial charge in [-0.3, -0.25) is 24.6 Å². The Morgan fingerprint density at radius 3 is 2.73 bits per heavy atom. The van der Waals surface area contributed by atoms with E-state index in [4.69, 9.17) is 4.74 Å². The van der Waals surface area contributed by atoms with Crippen LogP contribution in [0.4, 0.5) is 0 Å². The van der Waals surface area contributed by atoms with Gasteiger partial charge in [0.1, 0.15) is 17.9 Å². The van der Waals surface area contributed by atoms with Crippen molar-refractivity contribution >= 4 is 17.7 Å². The molecule has 2 saturated heterocycles. The monoisotopic (exact) mass is 413 g/mol. The molecule has 3 aliphatic heterocycles. The van der Waals surface area contributed by atoms with Crippen LogP contribution < -0.4 is 10.1 Å². The molecule has 5 rings (SSSR count). The standard InChI is InChI=1S/C22H27N3O5/c26-14-8-9-24(12-14)17-2-1-3-19(17)30-15-4-5-16-13(10-15)11-25(22(16)29)18-6-7-20(27)23-21(18)28/h4-5,10,14,17-19,26H,1-3,6-9,11-12H2,(H,23,27,28)/t14?,17?,18?,19-/m0/s1. The quantitative estimate of drug-likeness (QED) is 0.709. The Labute approximate surface area is 175 Å². The number of imide groups is 1. The van der Waals surface area contributed by atoms with E-state index < -0.39 is 11.9 Å². The summed E-state index contributed by atoms with van der Waals surface area (Å²) < 4.78 is 6.33. The molecule has 8 nitrogen and oxygen atoms in total.